The zero-order valence-electron chi connectivity index (χ0n) is 72.9. The molecule has 0 aromatic rings. The second-order valence-electron chi connectivity index (χ2n) is 41.5. The molecule has 0 heterocycles. The third kappa shape index (κ3) is 18.8. The monoisotopic (exact) mass is 1520 g/mol. The number of carbonyl (C=O) groups excluding carboxylic acids is 6. The van der Waals surface area contributed by atoms with Gasteiger partial charge in [0.1, 0.15) is 37.6 Å². The zero-order chi connectivity index (χ0) is 79.3. The van der Waals surface area contributed by atoms with E-state index in [4.69, 9.17) is 14.2 Å². The fourth-order valence-corrected chi connectivity index (χ4v) is 28.8. The van der Waals surface area contributed by atoms with E-state index >= 15 is 0 Å². The van der Waals surface area contributed by atoms with E-state index < -0.39 is 35.8 Å². The van der Waals surface area contributed by atoms with Gasteiger partial charge < -0.3 is 28.4 Å². The molecule has 0 spiro atoms. The summed E-state index contributed by atoms with van der Waals surface area (Å²) in [7, 11) is 3.92. The van der Waals surface area contributed by atoms with Gasteiger partial charge in [-0.05, 0) is 299 Å². The Kier molecular flexibility index (Phi) is 29.6. The van der Waals surface area contributed by atoms with Crippen molar-refractivity contribution in [1.82, 2.24) is 0 Å². The number of esters is 6. The van der Waals surface area contributed by atoms with E-state index in [-0.39, 0.29) is 53.8 Å². The number of ether oxygens (including phenoxy) is 6. The smallest absolute Gasteiger partial charge is 0.317 e. The van der Waals surface area contributed by atoms with E-state index in [1.807, 2.05) is 0 Å². The lowest BCUT2D eigenvalue weighted by Crippen LogP contribution is -2.51. The molecule has 26 atom stereocenters. The van der Waals surface area contributed by atoms with Crippen LogP contribution in [0.25, 0.3) is 0 Å². The van der Waals surface area contributed by atoms with Crippen LogP contribution >= 0.6 is 0 Å². The van der Waals surface area contributed by atoms with Gasteiger partial charge in [0.15, 0.2) is 0 Å². The summed E-state index contributed by atoms with van der Waals surface area (Å²) in [5, 5.41) is 0. The highest BCUT2D eigenvalue weighted by Gasteiger charge is 2.63. The Balaban J connectivity index is 0.000000174. The predicted molar refractivity (Wildman–Crippen MR) is 437 cm³/mol. The van der Waals surface area contributed by atoms with Gasteiger partial charge in [0.25, 0.3) is 0 Å². The van der Waals surface area contributed by atoms with Crippen LogP contribution in [0.4, 0.5) is 0 Å². The maximum absolute atomic E-state index is 12.2. The normalized spacial score (nSPS) is 38.8. The van der Waals surface area contributed by atoms with Gasteiger partial charge in [0, 0.05) is 19.3 Å². The lowest BCUT2D eigenvalue weighted by Gasteiger charge is -2.58. The van der Waals surface area contributed by atoms with Crippen LogP contribution in [0.15, 0.2) is 34.9 Å². The van der Waals surface area contributed by atoms with E-state index in [9.17, 15) is 28.8 Å². The summed E-state index contributed by atoms with van der Waals surface area (Å²) in [4.78, 5) is 70.9. The molecule has 0 aromatic carbocycles. The Bertz CT molecular complexity index is 3050. The molecule has 12 rings (SSSR count). The van der Waals surface area contributed by atoms with E-state index in [0.717, 1.165) is 176 Å². The third-order valence-corrected chi connectivity index (χ3v) is 35.3. The van der Waals surface area contributed by atoms with E-state index in [1.54, 1.807) is 0 Å². The second-order valence-corrected chi connectivity index (χ2v) is 41.5. The maximum atomic E-state index is 12.2. The van der Waals surface area contributed by atoms with Crippen LogP contribution in [0.1, 0.15) is 349 Å². The molecule has 12 heteroatoms. The standard InChI is InChI=1S/2C33H54O4.C31H50O4/c2*1-8-23(21(2)3)10-9-22(4)27-13-14-28-26-12-11-24-19-25(37-31(35)20-30(34)36-7)15-17-32(24,5)29(26)16-18-33(27,28)6;1-20(2)8-7-9-21(3)25-12-13-26-24-11-10-22-18-23(35-29(33)19-28(32)34-6)14-16-30(22,4)27(24)15-17-31(25,26)5/h2*11,21-23,25-29H,8-10,12-20H2,1-7H3;10,20-21,23-27H,7-9,11-19H2,1-6H3/t22-,23-,25+,26+,27-,28+,29+,32+,33-;;21-,23+,24+,25-,26+,27+,30+,31-/m1.1/s1. The Morgan fingerprint density at radius 2 is 0.651 bits per heavy atom. The summed E-state index contributed by atoms with van der Waals surface area (Å²) in [6.07, 6.45) is 47.7. The van der Waals surface area contributed by atoms with E-state index in [1.165, 1.54) is 192 Å². The van der Waals surface area contributed by atoms with Gasteiger partial charge in [-0.15, -0.1) is 0 Å². The maximum Gasteiger partial charge on any atom is 0.317 e. The Labute approximate surface area is 663 Å². The molecule has 0 radical (unpaired) electrons. The highest BCUT2D eigenvalue weighted by atomic mass is 16.6. The van der Waals surface area contributed by atoms with Gasteiger partial charge in [0.2, 0.25) is 0 Å². The predicted octanol–water partition coefficient (Wildman–Crippen LogP) is 23.8. The molecule has 0 N–H and O–H groups in total. The molecule has 12 nitrogen and oxygen atoms in total. The van der Waals surface area contributed by atoms with Crippen LogP contribution in [0.5, 0.6) is 0 Å². The van der Waals surface area contributed by atoms with Crippen molar-refractivity contribution in [3.05, 3.63) is 34.9 Å². The first kappa shape index (κ1) is 87.4. The van der Waals surface area contributed by atoms with Gasteiger partial charge in [-0.25, -0.2) is 0 Å². The number of allylic oxidation sites excluding steroid dienone is 3. The molecule has 9 saturated carbocycles. The van der Waals surface area contributed by atoms with Gasteiger partial charge in [-0.3, -0.25) is 28.8 Å². The fourth-order valence-electron chi connectivity index (χ4n) is 28.8. The molecule has 0 aromatic heterocycles. The van der Waals surface area contributed by atoms with Crippen molar-refractivity contribution < 1.29 is 57.2 Å². The molecule has 12 aliphatic carbocycles. The van der Waals surface area contributed by atoms with Crippen LogP contribution in [0, 0.1) is 151 Å². The molecule has 9 unspecified atom stereocenters. The Hall–Kier alpha value is -3.96. The molecule has 0 aliphatic heterocycles. The van der Waals surface area contributed by atoms with Crippen LogP contribution in [-0.4, -0.2) is 75.5 Å². The van der Waals surface area contributed by atoms with E-state index in [0.29, 0.717) is 16.2 Å². The first-order valence-corrected chi connectivity index (χ1v) is 45.5. The Morgan fingerprint density at radius 3 is 0.917 bits per heavy atom. The largest absolute Gasteiger partial charge is 0.469 e. The lowest BCUT2D eigenvalue weighted by molar-refractivity contribution is -0.160. The molecule has 0 bridgehead atoms. The highest BCUT2D eigenvalue weighted by Crippen LogP contribution is 2.71. The zero-order valence-corrected chi connectivity index (χ0v) is 72.9. The van der Waals surface area contributed by atoms with Crippen molar-refractivity contribution in [3.63, 3.8) is 0 Å². The summed E-state index contributed by atoms with van der Waals surface area (Å²) < 4.78 is 30.9. The minimum atomic E-state index is -0.523. The average molecular weight is 1520 g/mol. The number of fused-ring (bicyclic) bond motifs is 15. The summed E-state index contributed by atoms with van der Waals surface area (Å²) >= 11 is 0. The summed E-state index contributed by atoms with van der Waals surface area (Å²) in [5.74, 6) is 13.7. The first-order chi connectivity index (χ1) is 51.6. The summed E-state index contributed by atoms with van der Waals surface area (Å²) in [5.41, 5.74) is 6.79. The van der Waals surface area contributed by atoms with Crippen molar-refractivity contribution in [2.75, 3.05) is 21.3 Å². The average Bonchev–Trinajstić information content (AvgIpc) is 1.71. The van der Waals surface area contributed by atoms with Crippen molar-refractivity contribution in [3.8, 4) is 0 Å². The van der Waals surface area contributed by atoms with Crippen LogP contribution in [0.2, 0.25) is 0 Å². The molecule has 0 amide bonds. The summed E-state index contributed by atoms with van der Waals surface area (Å²) in [6, 6.07) is 0. The molecular formula is C97H158O12. The molecule has 12 aliphatic rings. The van der Waals surface area contributed by atoms with Gasteiger partial charge in [-0.1, -0.05) is 198 Å². The van der Waals surface area contributed by atoms with Crippen molar-refractivity contribution in [2.45, 2.75) is 367 Å². The Morgan fingerprint density at radius 1 is 0.358 bits per heavy atom. The van der Waals surface area contributed by atoms with Gasteiger partial charge >= 0.3 is 35.8 Å². The van der Waals surface area contributed by atoms with Crippen molar-refractivity contribution in [2.24, 2.45) is 151 Å². The number of carbonyl (C=O) groups is 6. The topological polar surface area (TPSA) is 158 Å². The highest BCUT2D eigenvalue weighted by molar-refractivity contribution is 5.92. The number of methoxy groups -OCH3 is 3. The number of hydrogen-bond acceptors (Lipinski definition) is 12. The van der Waals surface area contributed by atoms with Crippen LogP contribution in [-0.2, 0) is 57.2 Å². The quantitative estimate of drug-likeness (QED) is 0.0350. The minimum Gasteiger partial charge on any atom is -0.469 e. The molecule has 109 heavy (non-hydrogen) atoms. The molecule has 0 saturated heterocycles. The van der Waals surface area contributed by atoms with E-state index in [2.05, 4.69) is 150 Å². The first-order valence-electron chi connectivity index (χ1n) is 45.5. The number of rotatable bonds is 26. The van der Waals surface area contributed by atoms with Gasteiger partial charge in [0.05, 0.1) is 21.3 Å². The third-order valence-electron chi connectivity index (χ3n) is 35.3. The van der Waals surface area contributed by atoms with Crippen molar-refractivity contribution >= 4 is 35.8 Å². The SMILES string of the molecule is CCC(CCC(C)C1CCC2C3CC=C4CC(OC(=O)CC(=O)OC)CCC4(C)C3CCC12C)C(C)C.CC[C@H](CC[C@@H](C)[C@H]1CC[C@H]2[C@@H]3CC=C4C[C@@H](OC(=O)CC(=O)OC)CC[C@]4(C)[C@H]3CC[C@]12C)C(C)C.COC(=O)CC(=O)O[C@H]1CC[C@@]2(C)C(=CC[C@H]3[C@@H]4CC[C@H]([C@H](C)CCCC(C)C)[C@@]4(C)CC[C@@H]32)C1. The van der Waals surface area contributed by atoms with Gasteiger partial charge in [-0.2, -0.15) is 0 Å². The number of hydrogen-bond donors (Lipinski definition) is 0. The van der Waals surface area contributed by atoms with Crippen molar-refractivity contribution in [1.29, 1.82) is 0 Å². The minimum absolute atomic E-state index is 0.0977. The molecular weight excluding hydrogens is 1360 g/mol. The molecule has 618 valence electrons. The van der Waals surface area contributed by atoms with Crippen LogP contribution < -0.4 is 0 Å². The second kappa shape index (κ2) is 36.9. The summed E-state index contributed by atoms with van der Waals surface area (Å²) in [6.45, 7) is 42.3. The fraction of sp³-hybridized carbons (Fsp3) is 0.876. The van der Waals surface area contributed by atoms with Crippen LogP contribution in [0.3, 0.4) is 0 Å². The lowest BCUT2D eigenvalue weighted by atomic mass is 9.47. The molecule has 9 fully saturated rings.